The summed E-state index contributed by atoms with van der Waals surface area (Å²) in [5.41, 5.74) is 3.14. The van der Waals surface area contributed by atoms with Crippen molar-refractivity contribution in [2.24, 2.45) is 5.92 Å². The number of benzene rings is 1. The van der Waals surface area contributed by atoms with E-state index >= 15 is 0 Å². The highest BCUT2D eigenvalue weighted by molar-refractivity contribution is 5.80. The van der Waals surface area contributed by atoms with Crippen molar-refractivity contribution in [3.63, 3.8) is 0 Å². The number of aromatic nitrogens is 2. The maximum atomic E-state index is 13.1. The van der Waals surface area contributed by atoms with E-state index in [1.807, 2.05) is 13.8 Å². The molecule has 1 aromatic carbocycles. The van der Waals surface area contributed by atoms with Crippen LogP contribution >= 0.6 is 0 Å². The fraction of sp³-hybridized carbons (Fsp3) is 0.421. The number of nitrogens with zero attached hydrogens (tertiary/aromatic N) is 3. The normalized spacial score (nSPS) is 11.9. The average Bonchev–Trinajstić information content (AvgIpc) is 2.89. The highest BCUT2D eigenvalue weighted by atomic mass is 19.1. The van der Waals surface area contributed by atoms with Crippen molar-refractivity contribution in [2.75, 3.05) is 20.7 Å². The molecule has 0 radical (unpaired) electrons. The van der Waals surface area contributed by atoms with Gasteiger partial charge in [0.05, 0.1) is 30.8 Å². The van der Waals surface area contributed by atoms with Crippen LogP contribution in [0, 0.1) is 25.6 Å². The molecule has 7 heteroatoms. The molecule has 1 atom stereocenters. The summed E-state index contributed by atoms with van der Waals surface area (Å²) in [6, 6.07) is 6.03. The molecule has 1 heterocycles. The van der Waals surface area contributed by atoms with E-state index in [9.17, 15) is 14.0 Å². The summed E-state index contributed by atoms with van der Waals surface area (Å²) in [5, 5.41) is 4.47. The van der Waals surface area contributed by atoms with E-state index in [1.54, 1.807) is 30.8 Å². The van der Waals surface area contributed by atoms with E-state index in [2.05, 4.69) is 5.10 Å². The second-order valence-corrected chi connectivity index (χ2v) is 6.41. The Labute approximate surface area is 152 Å². The Bertz CT molecular complexity index is 799. The molecule has 0 spiro atoms. The predicted octanol–water partition coefficient (Wildman–Crippen LogP) is 2.44. The molecule has 26 heavy (non-hydrogen) atoms. The molecule has 0 fully saturated rings. The zero-order chi connectivity index (χ0) is 19.4. The molecule has 0 bridgehead atoms. The first kappa shape index (κ1) is 19.6. The van der Waals surface area contributed by atoms with E-state index < -0.39 is 5.92 Å². The van der Waals surface area contributed by atoms with Crippen molar-refractivity contribution in [1.29, 1.82) is 0 Å². The molecule has 0 aliphatic heterocycles. The van der Waals surface area contributed by atoms with Gasteiger partial charge in [-0.15, -0.1) is 0 Å². The number of methoxy groups -OCH3 is 1. The first-order chi connectivity index (χ1) is 12.2. The van der Waals surface area contributed by atoms with E-state index in [1.165, 1.54) is 24.1 Å². The zero-order valence-electron chi connectivity index (χ0n) is 15.7. The van der Waals surface area contributed by atoms with Gasteiger partial charge in [-0.2, -0.15) is 5.10 Å². The van der Waals surface area contributed by atoms with Gasteiger partial charge in [0.2, 0.25) is 5.91 Å². The van der Waals surface area contributed by atoms with Crippen molar-refractivity contribution in [3.8, 4) is 5.69 Å². The number of rotatable bonds is 6. The van der Waals surface area contributed by atoms with Crippen LogP contribution in [-0.4, -0.2) is 47.3 Å². The van der Waals surface area contributed by atoms with Crippen LogP contribution < -0.4 is 0 Å². The average molecular weight is 361 g/mol. The van der Waals surface area contributed by atoms with Crippen LogP contribution in [-0.2, 0) is 20.7 Å². The number of carbonyl (C=O) groups is 2. The fourth-order valence-corrected chi connectivity index (χ4v) is 2.84. The van der Waals surface area contributed by atoms with Crippen molar-refractivity contribution in [1.82, 2.24) is 14.7 Å². The molecule has 0 saturated carbocycles. The number of carbonyl (C=O) groups excluding carboxylic acids is 2. The molecule has 1 aromatic heterocycles. The molecular weight excluding hydrogens is 337 g/mol. The lowest BCUT2D eigenvalue weighted by molar-refractivity contribution is -0.146. The quantitative estimate of drug-likeness (QED) is 0.742. The summed E-state index contributed by atoms with van der Waals surface area (Å²) in [6.45, 7) is 5.73. The summed E-state index contributed by atoms with van der Waals surface area (Å²) in [7, 11) is 2.99. The molecule has 0 aliphatic carbocycles. The van der Waals surface area contributed by atoms with Gasteiger partial charge in [-0.1, -0.05) is 6.92 Å². The van der Waals surface area contributed by atoms with Gasteiger partial charge in [-0.3, -0.25) is 9.59 Å². The lowest BCUT2D eigenvalue weighted by atomic mass is 10.1. The van der Waals surface area contributed by atoms with Crippen LogP contribution in [0.3, 0.4) is 0 Å². The number of hydrogen-bond donors (Lipinski definition) is 0. The van der Waals surface area contributed by atoms with Crippen LogP contribution in [0.2, 0.25) is 0 Å². The SMILES string of the molecule is COC(=O)C(C)CN(C)C(=O)Cc1c(C)nn(-c2ccc(F)cc2)c1C. The summed E-state index contributed by atoms with van der Waals surface area (Å²) in [5.74, 6) is -1.16. The Balaban J connectivity index is 2.15. The van der Waals surface area contributed by atoms with Gasteiger partial charge in [-0.05, 0) is 38.1 Å². The summed E-state index contributed by atoms with van der Waals surface area (Å²) in [4.78, 5) is 25.6. The second kappa shape index (κ2) is 8.12. The Morgan fingerprint density at radius 3 is 2.46 bits per heavy atom. The summed E-state index contributed by atoms with van der Waals surface area (Å²) in [6.07, 6.45) is 0.184. The minimum absolute atomic E-state index is 0.106. The van der Waals surface area contributed by atoms with Crippen LogP contribution in [0.15, 0.2) is 24.3 Å². The number of likely N-dealkylation sites (N-methyl/N-ethyl adjacent to an activating group) is 1. The summed E-state index contributed by atoms with van der Waals surface area (Å²) < 4.78 is 19.5. The number of halogens is 1. The minimum Gasteiger partial charge on any atom is -0.469 e. The predicted molar refractivity (Wildman–Crippen MR) is 95.5 cm³/mol. The van der Waals surface area contributed by atoms with Crippen molar-refractivity contribution in [3.05, 3.63) is 47.0 Å². The molecule has 1 unspecified atom stereocenters. The molecule has 6 nitrogen and oxygen atoms in total. The van der Waals surface area contributed by atoms with E-state index in [0.717, 1.165) is 22.6 Å². The standard InChI is InChI=1S/C19H24FN3O3/c1-12(19(25)26-5)11-22(4)18(24)10-17-13(2)21-23(14(17)3)16-8-6-15(20)7-9-16/h6-9,12H,10-11H2,1-5H3. The molecule has 0 saturated heterocycles. The van der Waals surface area contributed by atoms with Crippen LogP contribution in [0.4, 0.5) is 4.39 Å². The fourth-order valence-electron chi connectivity index (χ4n) is 2.84. The number of hydrogen-bond acceptors (Lipinski definition) is 4. The summed E-state index contributed by atoms with van der Waals surface area (Å²) >= 11 is 0. The molecule has 0 aliphatic rings. The lowest BCUT2D eigenvalue weighted by Crippen LogP contribution is -2.35. The topological polar surface area (TPSA) is 64.4 Å². The van der Waals surface area contributed by atoms with Gasteiger partial charge in [0.25, 0.3) is 0 Å². The Morgan fingerprint density at radius 2 is 1.88 bits per heavy atom. The smallest absolute Gasteiger partial charge is 0.310 e. The largest absolute Gasteiger partial charge is 0.469 e. The van der Waals surface area contributed by atoms with Gasteiger partial charge in [0, 0.05) is 24.8 Å². The molecule has 1 amide bonds. The maximum absolute atomic E-state index is 13.1. The number of esters is 1. The monoisotopic (exact) mass is 361 g/mol. The first-order valence-electron chi connectivity index (χ1n) is 8.37. The van der Waals surface area contributed by atoms with Gasteiger partial charge in [0.15, 0.2) is 0 Å². The van der Waals surface area contributed by atoms with Gasteiger partial charge in [-0.25, -0.2) is 9.07 Å². The molecule has 0 N–H and O–H groups in total. The molecular formula is C19H24FN3O3. The Hall–Kier alpha value is -2.70. The van der Waals surface area contributed by atoms with Crippen molar-refractivity contribution in [2.45, 2.75) is 27.2 Å². The van der Waals surface area contributed by atoms with E-state index in [0.29, 0.717) is 0 Å². The number of amides is 1. The third kappa shape index (κ3) is 4.28. The van der Waals surface area contributed by atoms with Crippen molar-refractivity contribution >= 4 is 11.9 Å². The first-order valence-corrected chi connectivity index (χ1v) is 8.37. The number of aryl methyl sites for hydroxylation is 1. The number of ether oxygens (including phenoxy) is 1. The van der Waals surface area contributed by atoms with Crippen LogP contribution in [0.5, 0.6) is 0 Å². The van der Waals surface area contributed by atoms with Crippen molar-refractivity contribution < 1.29 is 18.7 Å². The molecule has 140 valence electrons. The highest BCUT2D eigenvalue weighted by Gasteiger charge is 2.21. The Kier molecular flexibility index (Phi) is 6.13. The third-order valence-electron chi connectivity index (χ3n) is 4.42. The Morgan fingerprint density at radius 1 is 1.27 bits per heavy atom. The lowest BCUT2D eigenvalue weighted by Gasteiger charge is -2.20. The zero-order valence-corrected chi connectivity index (χ0v) is 15.7. The second-order valence-electron chi connectivity index (χ2n) is 6.41. The van der Waals surface area contributed by atoms with Crippen LogP contribution in [0.25, 0.3) is 5.69 Å². The minimum atomic E-state index is -0.391. The van der Waals surface area contributed by atoms with Gasteiger partial charge >= 0.3 is 5.97 Å². The third-order valence-corrected chi connectivity index (χ3v) is 4.42. The highest BCUT2D eigenvalue weighted by Crippen LogP contribution is 2.19. The van der Waals surface area contributed by atoms with E-state index in [-0.39, 0.29) is 30.7 Å². The van der Waals surface area contributed by atoms with E-state index in [4.69, 9.17) is 4.74 Å². The van der Waals surface area contributed by atoms with Gasteiger partial charge in [0.1, 0.15) is 5.82 Å². The molecule has 2 aromatic rings. The van der Waals surface area contributed by atoms with Gasteiger partial charge < -0.3 is 9.64 Å². The molecule has 2 rings (SSSR count). The van der Waals surface area contributed by atoms with Crippen LogP contribution in [0.1, 0.15) is 23.9 Å². The maximum Gasteiger partial charge on any atom is 0.310 e.